The third kappa shape index (κ3) is 2.64. The number of benzene rings is 1. The largest absolute Gasteiger partial charge is 0.493 e. The van der Waals surface area contributed by atoms with E-state index in [1.165, 1.54) is 0 Å². The highest BCUT2D eigenvalue weighted by Crippen LogP contribution is 2.22. The lowest BCUT2D eigenvalue weighted by atomic mass is 10.2. The molecule has 0 aliphatic rings. The highest BCUT2D eigenvalue weighted by atomic mass is 19.1. The summed E-state index contributed by atoms with van der Waals surface area (Å²) in [5, 5.41) is 0. The average Bonchev–Trinajstić information content (AvgIpc) is 2.92. The first kappa shape index (κ1) is 12.7. The van der Waals surface area contributed by atoms with Crippen LogP contribution in [0.2, 0.25) is 0 Å². The van der Waals surface area contributed by atoms with Crippen molar-refractivity contribution in [3.05, 3.63) is 54.9 Å². The minimum atomic E-state index is -0.348. The predicted molar refractivity (Wildman–Crippen MR) is 76.7 cm³/mol. The number of aromatic nitrogens is 2. The molecule has 102 valence electrons. The Morgan fingerprint density at radius 1 is 1.10 bits per heavy atom. The van der Waals surface area contributed by atoms with Crippen LogP contribution in [-0.2, 0) is 0 Å². The summed E-state index contributed by atoms with van der Waals surface area (Å²) in [4.78, 5) is 4.56. The highest BCUT2D eigenvalue weighted by molar-refractivity contribution is 5.63. The Hall–Kier alpha value is -2.36. The molecule has 0 aliphatic carbocycles. The van der Waals surface area contributed by atoms with Crippen LogP contribution >= 0.6 is 0 Å². The number of ether oxygens (including phenoxy) is 1. The van der Waals surface area contributed by atoms with Crippen molar-refractivity contribution in [2.24, 2.45) is 0 Å². The van der Waals surface area contributed by atoms with Gasteiger partial charge in [-0.25, -0.2) is 4.98 Å². The number of hydrogen-bond donors (Lipinski definition) is 0. The second kappa shape index (κ2) is 5.74. The van der Waals surface area contributed by atoms with Crippen molar-refractivity contribution in [3.63, 3.8) is 0 Å². The molecule has 0 N–H and O–H groups in total. The van der Waals surface area contributed by atoms with E-state index >= 15 is 0 Å². The van der Waals surface area contributed by atoms with Gasteiger partial charge in [0.2, 0.25) is 0 Å². The van der Waals surface area contributed by atoms with Crippen LogP contribution in [-0.4, -0.2) is 22.7 Å². The molecule has 0 radical (unpaired) electrons. The van der Waals surface area contributed by atoms with E-state index in [0.29, 0.717) is 13.0 Å². The molecule has 4 heteroatoms. The van der Waals surface area contributed by atoms with Gasteiger partial charge in [0.15, 0.2) is 0 Å². The Labute approximate surface area is 116 Å². The number of fused-ring (bicyclic) bond motifs is 1. The summed E-state index contributed by atoms with van der Waals surface area (Å²) >= 11 is 0. The molecule has 3 nitrogen and oxygen atoms in total. The Morgan fingerprint density at radius 3 is 2.70 bits per heavy atom. The third-order valence-corrected chi connectivity index (χ3v) is 3.06. The molecular formula is C16H15FN2O. The van der Waals surface area contributed by atoms with Crippen molar-refractivity contribution in [1.29, 1.82) is 0 Å². The maximum Gasteiger partial charge on any atom is 0.137 e. The molecule has 0 atom stereocenters. The summed E-state index contributed by atoms with van der Waals surface area (Å²) in [6, 6.07) is 13.6. The summed E-state index contributed by atoms with van der Waals surface area (Å²) in [5.41, 5.74) is 2.88. The van der Waals surface area contributed by atoms with Gasteiger partial charge in [-0.15, -0.1) is 0 Å². The standard InChI is InChI=1S/C16H15FN2O/c17-9-3-11-20-14-7-5-13(6-8-14)15-12-19-10-2-1-4-16(19)18-15/h1-2,4-8,10,12H,3,9,11H2. The Balaban J connectivity index is 1.79. The monoisotopic (exact) mass is 270 g/mol. The molecule has 2 heterocycles. The Kier molecular flexibility index (Phi) is 3.63. The van der Waals surface area contributed by atoms with E-state index in [1.807, 2.05) is 59.3 Å². The molecular weight excluding hydrogens is 255 g/mol. The van der Waals surface area contributed by atoms with E-state index in [4.69, 9.17) is 4.74 Å². The van der Waals surface area contributed by atoms with E-state index < -0.39 is 0 Å². The van der Waals surface area contributed by atoms with Crippen LogP contribution in [0.25, 0.3) is 16.9 Å². The molecule has 20 heavy (non-hydrogen) atoms. The molecule has 1 aromatic carbocycles. The number of alkyl halides is 1. The zero-order valence-electron chi connectivity index (χ0n) is 11.0. The molecule has 0 saturated heterocycles. The molecule has 3 aromatic rings. The van der Waals surface area contributed by atoms with Gasteiger partial charge in [0.25, 0.3) is 0 Å². The number of hydrogen-bond acceptors (Lipinski definition) is 2. The van der Waals surface area contributed by atoms with Crippen molar-refractivity contribution in [2.45, 2.75) is 6.42 Å². The highest BCUT2D eigenvalue weighted by Gasteiger charge is 2.04. The zero-order chi connectivity index (χ0) is 13.8. The van der Waals surface area contributed by atoms with E-state index in [-0.39, 0.29) is 6.67 Å². The first-order valence-electron chi connectivity index (χ1n) is 6.60. The van der Waals surface area contributed by atoms with Crippen LogP contribution in [0.1, 0.15) is 6.42 Å². The minimum absolute atomic E-state index is 0.348. The van der Waals surface area contributed by atoms with E-state index in [9.17, 15) is 4.39 Å². The van der Waals surface area contributed by atoms with Gasteiger partial charge in [-0.05, 0) is 36.4 Å². The van der Waals surface area contributed by atoms with Crippen LogP contribution in [0, 0.1) is 0 Å². The van der Waals surface area contributed by atoms with E-state index in [1.54, 1.807) is 0 Å². The van der Waals surface area contributed by atoms with Crippen LogP contribution in [0.4, 0.5) is 4.39 Å². The number of rotatable bonds is 5. The molecule has 3 rings (SSSR count). The second-order valence-corrected chi connectivity index (χ2v) is 4.51. The van der Waals surface area contributed by atoms with Gasteiger partial charge < -0.3 is 9.14 Å². The van der Waals surface area contributed by atoms with Crippen molar-refractivity contribution in [2.75, 3.05) is 13.3 Å². The lowest BCUT2D eigenvalue weighted by Crippen LogP contribution is -1.97. The average molecular weight is 270 g/mol. The first-order valence-corrected chi connectivity index (χ1v) is 6.60. The number of pyridine rings is 1. The summed E-state index contributed by atoms with van der Waals surface area (Å²) in [6.45, 7) is 0.0591. The maximum absolute atomic E-state index is 12.0. The predicted octanol–water partition coefficient (Wildman–Crippen LogP) is 3.74. The molecule has 0 bridgehead atoms. The van der Waals surface area contributed by atoms with E-state index in [2.05, 4.69) is 4.98 Å². The summed E-state index contributed by atoms with van der Waals surface area (Å²) in [6.07, 6.45) is 4.39. The zero-order valence-corrected chi connectivity index (χ0v) is 11.0. The molecule has 0 unspecified atom stereocenters. The normalized spacial score (nSPS) is 10.8. The molecule has 0 amide bonds. The molecule has 0 aliphatic heterocycles. The molecule has 0 spiro atoms. The van der Waals surface area contributed by atoms with Gasteiger partial charge in [0.05, 0.1) is 19.0 Å². The Morgan fingerprint density at radius 2 is 1.95 bits per heavy atom. The number of halogens is 1. The smallest absolute Gasteiger partial charge is 0.137 e. The van der Waals surface area contributed by atoms with Crippen LogP contribution in [0.3, 0.4) is 0 Å². The summed E-state index contributed by atoms with van der Waals surface area (Å²) in [5.74, 6) is 0.756. The van der Waals surface area contributed by atoms with Gasteiger partial charge in [-0.1, -0.05) is 6.07 Å². The number of nitrogens with zero attached hydrogens (tertiary/aromatic N) is 2. The Bertz CT molecular complexity index is 658. The van der Waals surface area contributed by atoms with Gasteiger partial charge >= 0.3 is 0 Å². The lowest BCUT2D eigenvalue weighted by molar-refractivity contribution is 0.289. The van der Waals surface area contributed by atoms with Gasteiger partial charge in [0.1, 0.15) is 11.4 Å². The number of imidazole rings is 1. The second-order valence-electron chi connectivity index (χ2n) is 4.51. The van der Waals surface area contributed by atoms with Gasteiger partial charge in [-0.3, -0.25) is 4.39 Å². The van der Waals surface area contributed by atoms with Crippen molar-refractivity contribution >= 4 is 5.65 Å². The van der Waals surface area contributed by atoms with Gasteiger partial charge in [0, 0.05) is 24.4 Å². The van der Waals surface area contributed by atoms with E-state index in [0.717, 1.165) is 22.7 Å². The third-order valence-electron chi connectivity index (χ3n) is 3.06. The quantitative estimate of drug-likeness (QED) is 0.660. The van der Waals surface area contributed by atoms with Crippen LogP contribution in [0.5, 0.6) is 5.75 Å². The van der Waals surface area contributed by atoms with Crippen LogP contribution in [0.15, 0.2) is 54.9 Å². The van der Waals surface area contributed by atoms with Gasteiger partial charge in [-0.2, -0.15) is 0 Å². The molecule has 2 aromatic heterocycles. The topological polar surface area (TPSA) is 26.5 Å². The maximum atomic E-state index is 12.0. The van der Waals surface area contributed by atoms with Crippen molar-refractivity contribution in [1.82, 2.24) is 9.38 Å². The summed E-state index contributed by atoms with van der Waals surface area (Å²) < 4.78 is 19.4. The van der Waals surface area contributed by atoms with Crippen LogP contribution < -0.4 is 4.74 Å². The fraction of sp³-hybridized carbons (Fsp3) is 0.188. The van der Waals surface area contributed by atoms with Crippen molar-refractivity contribution < 1.29 is 9.13 Å². The lowest BCUT2D eigenvalue weighted by Gasteiger charge is -2.04. The summed E-state index contributed by atoms with van der Waals surface area (Å²) in [7, 11) is 0. The molecule has 0 fully saturated rings. The van der Waals surface area contributed by atoms with Crippen molar-refractivity contribution in [3.8, 4) is 17.0 Å². The fourth-order valence-electron chi connectivity index (χ4n) is 2.04. The SMILES string of the molecule is FCCCOc1ccc(-c2cn3ccccc3n2)cc1. The fourth-order valence-corrected chi connectivity index (χ4v) is 2.04. The minimum Gasteiger partial charge on any atom is -0.493 e. The molecule has 0 saturated carbocycles. The first-order chi connectivity index (χ1) is 9.86.